The van der Waals surface area contributed by atoms with Crippen LogP contribution >= 0.6 is 0 Å². The first-order chi connectivity index (χ1) is 7.64. The number of benzene rings is 1. The topological polar surface area (TPSA) is 20.2 Å². The van der Waals surface area contributed by atoms with Crippen LogP contribution in [0.1, 0.15) is 50.7 Å². The highest BCUT2D eigenvalue weighted by atomic mass is 16.3. The van der Waals surface area contributed by atoms with Crippen LogP contribution in [0.15, 0.2) is 24.3 Å². The van der Waals surface area contributed by atoms with E-state index < -0.39 is 0 Å². The molecule has 1 aromatic carbocycles. The highest BCUT2D eigenvalue weighted by Gasteiger charge is 2.26. The normalized spacial score (nSPS) is 14.8. The Bertz CT molecular complexity index is 319. The molecule has 0 spiro atoms. The van der Waals surface area contributed by atoms with Gasteiger partial charge in [-0.2, -0.15) is 0 Å². The molecule has 0 aliphatic heterocycles. The van der Waals surface area contributed by atoms with Gasteiger partial charge in [-0.05, 0) is 36.3 Å². The van der Waals surface area contributed by atoms with Gasteiger partial charge in [0.15, 0.2) is 0 Å². The number of unbranched alkanes of at least 4 members (excludes halogenated alkanes) is 1. The molecule has 0 amide bonds. The Morgan fingerprint density at radius 1 is 1.19 bits per heavy atom. The van der Waals surface area contributed by atoms with E-state index in [2.05, 4.69) is 45.0 Å². The summed E-state index contributed by atoms with van der Waals surface area (Å²) in [6.45, 7) is 6.93. The Hall–Kier alpha value is -0.820. The lowest BCUT2D eigenvalue weighted by atomic mass is 9.74. The molecular formula is C15H24O. The molecule has 1 nitrogen and oxygen atoms in total. The van der Waals surface area contributed by atoms with Gasteiger partial charge in [-0.15, -0.1) is 0 Å². The summed E-state index contributed by atoms with van der Waals surface area (Å²) in [6, 6.07) is 8.56. The van der Waals surface area contributed by atoms with Gasteiger partial charge >= 0.3 is 0 Å². The molecular weight excluding hydrogens is 196 g/mol. The SMILES string of the molecule is CCCCC(C)(CCO)c1ccccc1C. The largest absolute Gasteiger partial charge is 0.396 e. The molecule has 1 aromatic rings. The smallest absolute Gasteiger partial charge is 0.0439 e. The Labute approximate surface area is 99.5 Å². The van der Waals surface area contributed by atoms with Crippen LogP contribution in [0, 0.1) is 6.92 Å². The van der Waals surface area contributed by atoms with E-state index >= 15 is 0 Å². The van der Waals surface area contributed by atoms with Gasteiger partial charge in [0.1, 0.15) is 0 Å². The first-order valence-electron chi connectivity index (χ1n) is 6.31. The van der Waals surface area contributed by atoms with E-state index in [0.29, 0.717) is 0 Å². The van der Waals surface area contributed by atoms with E-state index in [9.17, 15) is 5.11 Å². The summed E-state index contributed by atoms with van der Waals surface area (Å²) in [5.74, 6) is 0. The average Bonchev–Trinajstić information content (AvgIpc) is 2.27. The zero-order chi connectivity index (χ0) is 12.0. The fraction of sp³-hybridized carbons (Fsp3) is 0.600. The van der Waals surface area contributed by atoms with E-state index in [0.717, 1.165) is 12.8 Å². The molecule has 1 heteroatoms. The lowest BCUT2D eigenvalue weighted by Gasteiger charge is -2.31. The van der Waals surface area contributed by atoms with Gasteiger partial charge < -0.3 is 5.11 Å². The number of rotatable bonds is 6. The van der Waals surface area contributed by atoms with Crippen LogP contribution in [0.5, 0.6) is 0 Å². The van der Waals surface area contributed by atoms with E-state index in [4.69, 9.17) is 0 Å². The second kappa shape index (κ2) is 6.05. The van der Waals surface area contributed by atoms with E-state index in [-0.39, 0.29) is 12.0 Å². The van der Waals surface area contributed by atoms with Crippen LogP contribution < -0.4 is 0 Å². The number of hydrogen-bond acceptors (Lipinski definition) is 1. The van der Waals surface area contributed by atoms with Crippen molar-refractivity contribution in [1.29, 1.82) is 0 Å². The predicted molar refractivity (Wildman–Crippen MR) is 69.8 cm³/mol. The lowest BCUT2D eigenvalue weighted by molar-refractivity contribution is 0.235. The fourth-order valence-corrected chi connectivity index (χ4v) is 2.46. The molecule has 0 saturated carbocycles. The number of aryl methyl sites for hydroxylation is 1. The van der Waals surface area contributed by atoms with Crippen LogP contribution in [0.4, 0.5) is 0 Å². The molecule has 0 bridgehead atoms. The summed E-state index contributed by atoms with van der Waals surface area (Å²) < 4.78 is 0. The molecule has 1 atom stereocenters. The molecule has 1 N–H and O–H groups in total. The fourth-order valence-electron chi connectivity index (χ4n) is 2.46. The molecule has 0 saturated heterocycles. The summed E-state index contributed by atoms with van der Waals surface area (Å²) in [6.07, 6.45) is 4.46. The number of aliphatic hydroxyl groups is 1. The Morgan fingerprint density at radius 3 is 2.44 bits per heavy atom. The first kappa shape index (κ1) is 13.2. The van der Waals surface area contributed by atoms with Crippen molar-refractivity contribution in [2.45, 2.75) is 51.9 Å². The third kappa shape index (κ3) is 3.08. The van der Waals surface area contributed by atoms with Crippen molar-refractivity contribution >= 4 is 0 Å². The lowest BCUT2D eigenvalue weighted by Crippen LogP contribution is -2.24. The third-order valence-electron chi connectivity index (χ3n) is 3.54. The monoisotopic (exact) mass is 220 g/mol. The molecule has 0 aromatic heterocycles. The maximum absolute atomic E-state index is 9.25. The van der Waals surface area contributed by atoms with Crippen molar-refractivity contribution in [2.24, 2.45) is 0 Å². The highest BCUT2D eigenvalue weighted by molar-refractivity contribution is 5.32. The first-order valence-corrected chi connectivity index (χ1v) is 6.31. The minimum atomic E-state index is 0.135. The maximum atomic E-state index is 9.25. The summed E-state index contributed by atoms with van der Waals surface area (Å²) in [5.41, 5.74) is 2.88. The molecule has 0 aliphatic rings. The van der Waals surface area contributed by atoms with Gasteiger partial charge in [0.05, 0.1) is 0 Å². The highest BCUT2D eigenvalue weighted by Crippen LogP contribution is 2.34. The van der Waals surface area contributed by atoms with E-state index in [1.54, 1.807) is 0 Å². The van der Waals surface area contributed by atoms with Gasteiger partial charge in [0.2, 0.25) is 0 Å². The predicted octanol–water partition coefficient (Wildman–Crippen LogP) is 3.83. The minimum absolute atomic E-state index is 0.135. The molecule has 1 rings (SSSR count). The summed E-state index contributed by atoms with van der Waals surface area (Å²) in [5, 5.41) is 9.25. The van der Waals surface area contributed by atoms with Crippen molar-refractivity contribution < 1.29 is 5.11 Å². The summed E-state index contributed by atoms with van der Waals surface area (Å²) >= 11 is 0. The third-order valence-corrected chi connectivity index (χ3v) is 3.54. The molecule has 90 valence electrons. The van der Waals surface area contributed by atoms with Crippen molar-refractivity contribution in [3.05, 3.63) is 35.4 Å². The van der Waals surface area contributed by atoms with Gasteiger partial charge in [-0.3, -0.25) is 0 Å². The maximum Gasteiger partial charge on any atom is 0.0439 e. The zero-order valence-electron chi connectivity index (χ0n) is 10.8. The van der Waals surface area contributed by atoms with Crippen LogP contribution in [-0.2, 0) is 5.41 Å². The standard InChI is InChI=1S/C15H24O/c1-4-5-10-15(3,11-12-16)14-9-7-6-8-13(14)2/h6-9,16H,4-5,10-12H2,1-3H3. The number of aliphatic hydroxyl groups excluding tert-OH is 1. The van der Waals surface area contributed by atoms with E-state index in [1.165, 1.54) is 24.0 Å². The Morgan fingerprint density at radius 2 is 1.88 bits per heavy atom. The Balaban J connectivity index is 2.96. The summed E-state index contributed by atoms with van der Waals surface area (Å²) in [4.78, 5) is 0. The van der Waals surface area contributed by atoms with Crippen molar-refractivity contribution in [1.82, 2.24) is 0 Å². The second-order valence-electron chi connectivity index (χ2n) is 4.95. The Kier molecular flexibility index (Phi) is 5.01. The van der Waals surface area contributed by atoms with Crippen molar-refractivity contribution in [2.75, 3.05) is 6.61 Å². The minimum Gasteiger partial charge on any atom is -0.396 e. The number of hydrogen-bond donors (Lipinski definition) is 1. The van der Waals surface area contributed by atoms with E-state index in [1.807, 2.05) is 0 Å². The zero-order valence-corrected chi connectivity index (χ0v) is 10.8. The van der Waals surface area contributed by atoms with Crippen LogP contribution in [0.2, 0.25) is 0 Å². The molecule has 0 heterocycles. The second-order valence-corrected chi connectivity index (χ2v) is 4.95. The quantitative estimate of drug-likeness (QED) is 0.772. The molecule has 0 fully saturated rings. The summed E-state index contributed by atoms with van der Waals surface area (Å²) in [7, 11) is 0. The molecule has 1 unspecified atom stereocenters. The van der Waals surface area contributed by atoms with Gasteiger partial charge in [-0.1, -0.05) is 51.0 Å². The van der Waals surface area contributed by atoms with Crippen molar-refractivity contribution in [3.8, 4) is 0 Å². The average molecular weight is 220 g/mol. The van der Waals surface area contributed by atoms with Gasteiger partial charge in [0.25, 0.3) is 0 Å². The molecule has 0 radical (unpaired) electrons. The molecule has 16 heavy (non-hydrogen) atoms. The molecule has 0 aliphatic carbocycles. The van der Waals surface area contributed by atoms with Crippen molar-refractivity contribution in [3.63, 3.8) is 0 Å². The van der Waals surface area contributed by atoms with Crippen LogP contribution in [0.3, 0.4) is 0 Å². The van der Waals surface area contributed by atoms with Crippen LogP contribution in [0.25, 0.3) is 0 Å². The van der Waals surface area contributed by atoms with Gasteiger partial charge in [-0.25, -0.2) is 0 Å². The van der Waals surface area contributed by atoms with Crippen LogP contribution in [-0.4, -0.2) is 11.7 Å². The van der Waals surface area contributed by atoms with Gasteiger partial charge in [0, 0.05) is 6.61 Å².